The molecule has 0 aliphatic carbocycles. The number of carbonyl (C=O) groups excluding carboxylic acids is 1. The molecule has 1 aromatic carbocycles. The maximum Gasteiger partial charge on any atom is 0.319 e. The van der Waals surface area contributed by atoms with E-state index in [-0.39, 0.29) is 6.03 Å². The summed E-state index contributed by atoms with van der Waals surface area (Å²) in [5, 5.41) is 6.75. The molecular weight excluding hydrogens is 308 g/mol. The van der Waals surface area contributed by atoms with Crippen LogP contribution in [0.5, 0.6) is 0 Å². The first-order chi connectivity index (χ1) is 11.1. The molecule has 0 saturated heterocycles. The number of anilines is 1. The van der Waals surface area contributed by atoms with Gasteiger partial charge in [-0.2, -0.15) is 0 Å². The average molecular weight is 326 g/mol. The Balaban J connectivity index is 1.65. The predicted molar refractivity (Wildman–Crippen MR) is 93.8 cm³/mol. The van der Waals surface area contributed by atoms with Gasteiger partial charge in [-0.25, -0.2) is 9.78 Å². The number of aromatic nitrogens is 2. The van der Waals surface area contributed by atoms with Crippen LogP contribution in [-0.4, -0.2) is 16.0 Å². The molecule has 23 heavy (non-hydrogen) atoms. The molecule has 5 nitrogen and oxygen atoms in total. The number of benzene rings is 1. The number of thiazole rings is 1. The van der Waals surface area contributed by atoms with E-state index in [2.05, 4.69) is 34.4 Å². The molecule has 0 bridgehead atoms. The minimum atomic E-state index is -0.247. The van der Waals surface area contributed by atoms with Gasteiger partial charge in [0.2, 0.25) is 0 Å². The van der Waals surface area contributed by atoms with E-state index in [0.717, 1.165) is 26.6 Å². The molecule has 0 radical (unpaired) electrons. The summed E-state index contributed by atoms with van der Waals surface area (Å²) in [6.07, 6.45) is 1.71. The van der Waals surface area contributed by atoms with Gasteiger partial charge in [0.1, 0.15) is 0 Å². The van der Waals surface area contributed by atoms with Crippen LogP contribution in [0.1, 0.15) is 30.5 Å². The van der Waals surface area contributed by atoms with Crippen molar-refractivity contribution in [2.24, 2.45) is 0 Å². The third-order valence-corrected chi connectivity index (χ3v) is 4.63. The molecule has 3 rings (SSSR count). The lowest BCUT2D eigenvalue weighted by molar-refractivity contribution is 0.251. The molecule has 6 heteroatoms. The summed E-state index contributed by atoms with van der Waals surface area (Å²) in [5.41, 5.74) is 2.55. The number of hydrogen-bond acceptors (Lipinski definition) is 4. The van der Waals surface area contributed by atoms with E-state index in [0.29, 0.717) is 12.5 Å². The zero-order valence-electron chi connectivity index (χ0n) is 13.0. The number of amides is 2. The quantitative estimate of drug-likeness (QED) is 0.757. The minimum Gasteiger partial charge on any atom is -0.332 e. The van der Waals surface area contributed by atoms with Crippen molar-refractivity contribution in [1.29, 1.82) is 0 Å². The predicted octanol–water partition coefficient (Wildman–Crippen LogP) is 4.14. The van der Waals surface area contributed by atoms with E-state index in [1.54, 1.807) is 17.5 Å². The molecule has 0 fully saturated rings. The topological polar surface area (TPSA) is 66.9 Å². The van der Waals surface area contributed by atoms with Gasteiger partial charge in [0, 0.05) is 17.8 Å². The summed E-state index contributed by atoms with van der Waals surface area (Å²) < 4.78 is 1.08. The number of nitrogens with zero attached hydrogens (tertiary/aromatic N) is 2. The first kappa shape index (κ1) is 15.4. The van der Waals surface area contributed by atoms with Gasteiger partial charge in [-0.15, -0.1) is 11.3 Å². The first-order valence-corrected chi connectivity index (χ1v) is 8.29. The van der Waals surface area contributed by atoms with Gasteiger partial charge in [-0.05, 0) is 30.3 Å². The number of fused-ring (bicyclic) bond motifs is 1. The van der Waals surface area contributed by atoms with Crippen molar-refractivity contribution in [2.45, 2.75) is 26.3 Å². The van der Waals surface area contributed by atoms with E-state index in [1.807, 2.05) is 36.4 Å². The van der Waals surface area contributed by atoms with Crippen LogP contribution in [0.15, 0.2) is 42.6 Å². The van der Waals surface area contributed by atoms with Gasteiger partial charge in [-0.1, -0.05) is 19.9 Å². The van der Waals surface area contributed by atoms with Crippen molar-refractivity contribution in [3.05, 3.63) is 53.3 Å². The second kappa shape index (κ2) is 6.75. The fraction of sp³-hybridized carbons (Fsp3) is 0.235. The third-order valence-electron chi connectivity index (χ3n) is 3.31. The minimum absolute atomic E-state index is 0.247. The Morgan fingerprint density at radius 2 is 2.13 bits per heavy atom. The van der Waals surface area contributed by atoms with E-state index in [9.17, 15) is 4.79 Å². The first-order valence-electron chi connectivity index (χ1n) is 7.47. The van der Waals surface area contributed by atoms with Crippen LogP contribution in [0.2, 0.25) is 0 Å². The SMILES string of the molecule is CC(C)c1nc2ccc(NC(=O)NCc3ccccn3)cc2s1. The fourth-order valence-corrected chi connectivity index (χ4v) is 3.13. The van der Waals surface area contributed by atoms with Crippen molar-refractivity contribution < 1.29 is 4.79 Å². The van der Waals surface area contributed by atoms with E-state index in [4.69, 9.17) is 0 Å². The Hall–Kier alpha value is -2.47. The van der Waals surface area contributed by atoms with Crippen LogP contribution in [-0.2, 0) is 6.54 Å². The fourth-order valence-electron chi connectivity index (χ4n) is 2.12. The lowest BCUT2D eigenvalue weighted by Crippen LogP contribution is -2.28. The number of pyridine rings is 1. The summed E-state index contributed by atoms with van der Waals surface area (Å²) in [7, 11) is 0. The highest BCUT2D eigenvalue weighted by atomic mass is 32.1. The molecule has 3 aromatic rings. The number of rotatable bonds is 4. The number of nitrogens with one attached hydrogen (secondary N) is 2. The maximum absolute atomic E-state index is 12.0. The molecule has 0 atom stereocenters. The highest BCUT2D eigenvalue weighted by molar-refractivity contribution is 7.18. The van der Waals surface area contributed by atoms with Crippen molar-refractivity contribution >= 4 is 33.3 Å². The van der Waals surface area contributed by atoms with Gasteiger partial charge >= 0.3 is 6.03 Å². The van der Waals surface area contributed by atoms with Crippen molar-refractivity contribution in [1.82, 2.24) is 15.3 Å². The van der Waals surface area contributed by atoms with Gasteiger partial charge in [0.05, 0.1) is 27.5 Å². The zero-order valence-corrected chi connectivity index (χ0v) is 13.9. The molecule has 2 aromatic heterocycles. The molecule has 0 saturated carbocycles. The van der Waals surface area contributed by atoms with Gasteiger partial charge in [0.25, 0.3) is 0 Å². The molecule has 0 unspecified atom stereocenters. The largest absolute Gasteiger partial charge is 0.332 e. The molecule has 0 spiro atoms. The van der Waals surface area contributed by atoms with Crippen LogP contribution < -0.4 is 10.6 Å². The Labute approximate surface area is 138 Å². The van der Waals surface area contributed by atoms with Crippen molar-refractivity contribution in [2.75, 3.05) is 5.32 Å². The van der Waals surface area contributed by atoms with E-state index >= 15 is 0 Å². The van der Waals surface area contributed by atoms with Crippen LogP contribution in [0.4, 0.5) is 10.5 Å². The van der Waals surface area contributed by atoms with E-state index < -0.39 is 0 Å². The van der Waals surface area contributed by atoms with Crippen molar-refractivity contribution in [3.8, 4) is 0 Å². The molecule has 2 amide bonds. The number of carbonyl (C=O) groups is 1. The smallest absolute Gasteiger partial charge is 0.319 e. The maximum atomic E-state index is 12.0. The molecule has 2 N–H and O–H groups in total. The van der Waals surface area contributed by atoms with Crippen LogP contribution in [0.3, 0.4) is 0 Å². The summed E-state index contributed by atoms with van der Waals surface area (Å²) in [4.78, 5) is 20.7. The second-order valence-corrected chi connectivity index (χ2v) is 6.58. The zero-order chi connectivity index (χ0) is 16.2. The summed E-state index contributed by atoms with van der Waals surface area (Å²) in [6, 6.07) is 11.1. The molecule has 118 valence electrons. The summed E-state index contributed by atoms with van der Waals surface area (Å²) in [5.74, 6) is 0.408. The third kappa shape index (κ3) is 3.84. The van der Waals surface area contributed by atoms with Crippen molar-refractivity contribution in [3.63, 3.8) is 0 Å². The molecular formula is C17H18N4OS. The molecule has 2 heterocycles. The lowest BCUT2D eigenvalue weighted by Gasteiger charge is -2.07. The van der Waals surface area contributed by atoms with Crippen LogP contribution in [0, 0.1) is 0 Å². The lowest BCUT2D eigenvalue weighted by atomic mass is 10.2. The van der Waals surface area contributed by atoms with Gasteiger partial charge < -0.3 is 10.6 Å². The molecule has 0 aliphatic heterocycles. The summed E-state index contributed by atoms with van der Waals surface area (Å²) >= 11 is 1.66. The number of urea groups is 1. The van der Waals surface area contributed by atoms with Crippen LogP contribution in [0.25, 0.3) is 10.2 Å². The Morgan fingerprint density at radius 1 is 1.26 bits per heavy atom. The average Bonchev–Trinajstić information content (AvgIpc) is 2.97. The highest BCUT2D eigenvalue weighted by Crippen LogP contribution is 2.29. The highest BCUT2D eigenvalue weighted by Gasteiger charge is 2.09. The normalized spacial score (nSPS) is 10.9. The second-order valence-electron chi connectivity index (χ2n) is 5.52. The Bertz CT molecular complexity index is 814. The van der Waals surface area contributed by atoms with Gasteiger partial charge in [0.15, 0.2) is 0 Å². The molecule has 0 aliphatic rings. The monoisotopic (exact) mass is 326 g/mol. The Kier molecular flexibility index (Phi) is 4.52. The Morgan fingerprint density at radius 3 is 2.87 bits per heavy atom. The van der Waals surface area contributed by atoms with Gasteiger partial charge in [-0.3, -0.25) is 4.98 Å². The van der Waals surface area contributed by atoms with E-state index in [1.165, 1.54) is 0 Å². The summed E-state index contributed by atoms with van der Waals surface area (Å²) in [6.45, 7) is 4.65. The number of hydrogen-bond donors (Lipinski definition) is 2. The van der Waals surface area contributed by atoms with Crippen LogP contribution >= 0.6 is 11.3 Å². The standard InChI is InChI=1S/C17H18N4OS/c1-11(2)16-21-14-7-6-12(9-15(14)23-16)20-17(22)19-10-13-5-3-4-8-18-13/h3-9,11H,10H2,1-2H3,(H2,19,20,22).